The molecule has 0 unspecified atom stereocenters. The van der Waals surface area contributed by atoms with Crippen LogP contribution in [-0.4, -0.2) is 42.0 Å². The Morgan fingerprint density at radius 3 is 2.70 bits per heavy atom. The molecule has 0 bridgehead atoms. The third-order valence-electron chi connectivity index (χ3n) is 5.62. The van der Waals surface area contributed by atoms with Crippen LogP contribution in [0, 0.1) is 5.92 Å². The van der Waals surface area contributed by atoms with Gasteiger partial charge >= 0.3 is 0 Å². The molecule has 0 spiro atoms. The number of piperidine rings is 2. The van der Waals surface area contributed by atoms with Crippen LogP contribution in [0.2, 0.25) is 0 Å². The SMILES string of the molecule is C[C@@H]1CCCN(C2CCN(Cc3cc4ccccc4o3)CC2)C1. The van der Waals surface area contributed by atoms with Gasteiger partial charge in [0, 0.05) is 31.1 Å². The van der Waals surface area contributed by atoms with Crippen LogP contribution in [0.15, 0.2) is 34.7 Å². The van der Waals surface area contributed by atoms with E-state index in [1.165, 1.54) is 57.2 Å². The van der Waals surface area contributed by atoms with E-state index in [0.717, 1.165) is 29.8 Å². The van der Waals surface area contributed by atoms with E-state index < -0.39 is 0 Å². The van der Waals surface area contributed by atoms with Crippen LogP contribution in [0.1, 0.15) is 38.4 Å². The molecule has 23 heavy (non-hydrogen) atoms. The molecule has 2 aliphatic rings. The number of benzene rings is 1. The minimum Gasteiger partial charge on any atom is -0.460 e. The fourth-order valence-electron chi connectivity index (χ4n) is 4.34. The third kappa shape index (κ3) is 3.46. The lowest BCUT2D eigenvalue weighted by Crippen LogP contribution is -2.47. The van der Waals surface area contributed by atoms with Gasteiger partial charge in [0.2, 0.25) is 0 Å². The molecular weight excluding hydrogens is 284 g/mol. The maximum Gasteiger partial charge on any atom is 0.134 e. The lowest BCUT2D eigenvalue weighted by molar-refractivity contribution is 0.0708. The van der Waals surface area contributed by atoms with E-state index in [1.807, 2.05) is 6.07 Å². The second-order valence-corrected chi connectivity index (χ2v) is 7.50. The van der Waals surface area contributed by atoms with Crippen LogP contribution in [0.25, 0.3) is 11.0 Å². The molecule has 0 amide bonds. The monoisotopic (exact) mass is 312 g/mol. The van der Waals surface area contributed by atoms with E-state index in [1.54, 1.807) is 0 Å². The van der Waals surface area contributed by atoms with Crippen molar-refractivity contribution in [1.82, 2.24) is 9.80 Å². The van der Waals surface area contributed by atoms with Crippen LogP contribution in [0.3, 0.4) is 0 Å². The summed E-state index contributed by atoms with van der Waals surface area (Å²) < 4.78 is 5.98. The van der Waals surface area contributed by atoms with Crippen LogP contribution in [0.4, 0.5) is 0 Å². The normalized spacial score (nSPS) is 25.2. The zero-order chi connectivity index (χ0) is 15.6. The molecule has 3 nitrogen and oxygen atoms in total. The minimum absolute atomic E-state index is 0.810. The van der Waals surface area contributed by atoms with Crippen LogP contribution in [0.5, 0.6) is 0 Å². The van der Waals surface area contributed by atoms with Gasteiger partial charge in [0.05, 0.1) is 6.54 Å². The summed E-state index contributed by atoms with van der Waals surface area (Å²) in [5.74, 6) is 1.99. The molecule has 0 N–H and O–H groups in total. The van der Waals surface area contributed by atoms with Crippen molar-refractivity contribution in [3.8, 4) is 0 Å². The standard InChI is InChI=1S/C20H28N2O/c1-16-5-4-10-22(14-16)18-8-11-21(12-9-18)15-19-13-17-6-2-3-7-20(17)23-19/h2-3,6-7,13,16,18H,4-5,8-12,14-15H2,1H3/t16-/m1/s1. The topological polar surface area (TPSA) is 19.6 Å². The highest BCUT2D eigenvalue weighted by Crippen LogP contribution is 2.25. The van der Waals surface area contributed by atoms with E-state index in [0.29, 0.717) is 0 Å². The summed E-state index contributed by atoms with van der Waals surface area (Å²) in [4.78, 5) is 5.31. The smallest absolute Gasteiger partial charge is 0.134 e. The van der Waals surface area contributed by atoms with Gasteiger partial charge in [-0.05, 0) is 50.3 Å². The quantitative estimate of drug-likeness (QED) is 0.849. The predicted molar refractivity (Wildman–Crippen MR) is 94.5 cm³/mol. The Hall–Kier alpha value is -1.32. The average molecular weight is 312 g/mol. The molecule has 1 aromatic carbocycles. The van der Waals surface area contributed by atoms with Crippen molar-refractivity contribution in [2.45, 2.75) is 45.2 Å². The van der Waals surface area contributed by atoms with Crippen molar-refractivity contribution in [3.05, 3.63) is 36.1 Å². The van der Waals surface area contributed by atoms with Crippen LogP contribution >= 0.6 is 0 Å². The zero-order valence-electron chi connectivity index (χ0n) is 14.2. The Morgan fingerprint density at radius 2 is 1.91 bits per heavy atom. The summed E-state index contributed by atoms with van der Waals surface area (Å²) in [6.07, 6.45) is 5.43. The Bertz CT molecular complexity index is 609. The summed E-state index contributed by atoms with van der Waals surface area (Å²) in [5, 5.41) is 1.22. The molecule has 2 aromatic rings. The zero-order valence-corrected chi connectivity index (χ0v) is 14.2. The first kappa shape index (κ1) is 15.2. The molecule has 0 saturated carbocycles. The molecule has 124 valence electrons. The van der Waals surface area contributed by atoms with Crippen molar-refractivity contribution in [3.63, 3.8) is 0 Å². The van der Waals surface area contributed by atoms with Crippen LogP contribution in [-0.2, 0) is 6.54 Å². The largest absolute Gasteiger partial charge is 0.460 e. The van der Waals surface area contributed by atoms with Crippen molar-refractivity contribution in [2.24, 2.45) is 5.92 Å². The van der Waals surface area contributed by atoms with Crippen molar-refractivity contribution in [2.75, 3.05) is 26.2 Å². The summed E-state index contributed by atoms with van der Waals surface area (Å²) in [6.45, 7) is 8.40. The molecule has 2 fully saturated rings. The maximum atomic E-state index is 5.98. The lowest BCUT2D eigenvalue weighted by atomic mass is 9.95. The Morgan fingerprint density at radius 1 is 1.09 bits per heavy atom. The lowest BCUT2D eigenvalue weighted by Gasteiger charge is -2.41. The number of furan rings is 1. The molecule has 4 rings (SSSR count). The van der Waals surface area contributed by atoms with Gasteiger partial charge < -0.3 is 9.32 Å². The van der Waals surface area contributed by atoms with E-state index >= 15 is 0 Å². The molecule has 1 atom stereocenters. The minimum atomic E-state index is 0.810. The summed E-state index contributed by atoms with van der Waals surface area (Å²) >= 11 is 0. The fourth-order valence-corrected chi connectivity index (χ4v) is 4.34. The predicted octanol–water partition coefficient (Wildman–Crippen LogP) is 4.13. The van der Waals surface area contributed by atoms with E-state index in [2.05, 4.69) is 41.0 Å². The van der Waals surface area contributed by atoms with Crippen molar-refractivity contribution >= 4 is 11.0 Å². The first-order valence-corrected chi connectivity index (χ1v) is 9.22. The molecular formula is C20H28N2O. The molecule has 0 aliphatic carbocycles. The second kappa shape index (κ2) is 6.66. The van der Waals surface area contributed by atoms with Gasteiger partial charge in [-0.2, -0.15) is 0 Å². The maximum absolute atomic E-state index is 5.98. The average Bonchev–Trinajstić information content (AvgIpc) is 2.98. The van der Waals surface area contributed by atoms with Gasteiger partial charge in [-0.1, -0.05) is 25.1 Å². The molecule has 2 saturated heterocycles. The molecule has 3 heterocycles. The third-order valence-corrected chi connectivity index (χ3v) is 5.62. The number of rotatable bonds is 3. The Balaban J connectivity index is 1.32. The van der Waals surface area contributed by atoms with E-state index in [4.69, 9.17) is 4.42 Å². The first-order chi connectivity index (χ1) is 11.3. The van der Waals surface area contributed by atoms with E-state index in [-0.39, 0.29) is 0 Å². The molecule has 0 radical (unpaired) electrons. The van der Waals surface area contributed by atoms with Gasteiger partial charge in [0.1, 0.15) is 11.3 Å². The molecule has 3 heteroatoms. The second-order valence-electron chi connectivity index (χ2n) is 7.50. The molecule has 2 aliphatic heterocycles. The highest BCUT2D eigenvalue weighted by molar-refractivity contribution is 5.77. The van der Waals surface area contributed by atoms with Gasteiger partial charge in [-0.25, -0.2) is 0 Å². The van der Waals surface area contributed by atoms with E-state index in [9.17, 15) is 0 Å². The fraction of sp³-hybridized carbons (Fsp3) is 0.600. The van der Waals surface area contributed by atoms with Crippen molar-refractivity contribution < 1.29 is 4.42 Å². The van der Waals surface area contributed by atoms with Gasteiger partial charge in [-0.3, -0.25) is 4.90 Å². The number of hydrogen-bond donors (Lipinski definition) is 0. The number of likely N-dealkylation sites (tertiary alicyclic amines) is 2. The Labute approximate surface area is 139 Å². The van der Waals surface area contributed by atoms with Gasteiger partial charge in [0.25, 0.3) is 0 Å². The summed E-state index contributed by atoms with van der Waals surface area (Å²) in [5.41, 5.74) is 1.01. The molecule has 1 aromatic heterocycles. The first-order valence-electron chi connectivity index (χ1n) is 9.22. The van der Waals surface area contributed by atoms with Crippen LogP contribution < -0.4 is 0 Å². The highest BCUT2D eigenvalue weighted by atomic mass is 16.3. The Kier molecular flexibility index (Phi) is 4.41. The van der Waals surface area contributed by atoms with Gasteiger partial charge in [-0.15, -0.1) is 0 Å². The highest BCUT2D eigenvalue weighted by Gasteiger charge is 2.27. The number of nitrogens with zero attached hydrogens (tertiary/aromatic N) is 2. The summed E-state index contributed by atoms with van der Waals surface area (Å²) in [6, 6.07) is 11.3. The number of para-hydroxylation sites is 1. The van der Waals surface area contributed by atoms with Crippen molar-refractivity contribution in [1.29, 1.82) is 0 Å². The number of fused-ring (bicyclic) bond motifs is 1. The number of hydrogen-bond acceptors (Lipinski definition) is 3. The van der Waals surface area contributed by atoms with Gasteiger partial charge in [0.15, 0.2) is 0 Å². The summed E-state index contributed by atoms with van der Waals surface area (Å²) in [7, 11) is 0.